The molecule has 7 nitrogen and oxygen atoms in total. The molecule has 7 heteroatoms. The van der Waals surface area contributed by atoms with Crippen LogP contribution in [0, 0.1) is 5.92 Å². The van der Waals surface area contributed by atoms with E-state index in [0.29, 0.717) is 17.4 Å². The maximum Gasteiger partial charge on any atom is 0.254 e. The Morgan fingerprint density at radius 2 is 2.17 bits per heavy atom. The van der Waals surface area contributed by atoms with Gasteiger partial charge in [0.2, 0.25) is 11.7 Å². The minimum atomic E-state index is -0.286. The van der Waals surface area contributed by atoms with Crippen molar-refractivity contribution in [3.63, 3.8) is 0 Å². The lowest BCUT2D eigenvalue weighted by atomic mass is 9.89. The zero-order chi connectivity index (χ0) is 16.2. The summed E-state index contributed by atoms with van der Waals surface area (Å²) in [6.07, 6.45) is 8.01. The van der Waals surface area contributed by atoms with Crippen molar-refractivity contribution in [2.75, 3.05) is 5.32 Å². The standard InChI is InChI=1S/C16H23N5O2/c1-2-3-9-12-17-16-19-14(22)10-13(21(16)20-12)18-15(23)11-7-5-4-6-8-11/h10-11H,2-9H2,1H3,(H,18,23)(H,17,19,20,22). The van der Waals surface area contributed by atoms with Crippen LogP contribution in [0.4, 0.5) is 5.82 Å². The van der Waals surface area contributed by atoms with Crippen molar-refractivity contribution in [1.29, 1.82) is 0 Å². The number of aromatic amines is 1. The number of hydrogen-bond donors (Lipinski definition) is 2. The van der Waals surface area contributed by atoms with Crippen molar-refractivity contribution in [1.82, 2.24) is 19.6 Å². The molecule has 0 aliphatic heterocycles. The monoisotopic (exact) mass is 317 g/mol. The Kier molecular flexibility index (Phi) is 4.73. The lowest BCUT2D eigenvalue weighted by Crippen LogP contribution is -2.27. The molecule has 2 aromatic heterocycles. The van der Waals surface area contributed by atoms with Gasteiger partial charge >= 0.3 is 0 Å². The van der Waals surface area contributed by atoms with Gasteiger partial charge in [0.15, 0.2) is 5.82 Å². The molecule has 2 aromatic rings. The summed E-state index contributed by atoms with van der Waals surface area (Å²) in [6.45, 7) is 2.10. The average molecular weight is 317 g/mol. The third-order valence-electron chi connectivity index (χ3n) is 4.36. The second-order valence-corrected chi connectivity index (χ2v) is 6.21. The Balaban J connectivity index is 1.85. The van der Waals surface area contributed by atoms with Gasteiger partial charge in [-0.2, -0.15) is 9.50 Å². The predicted octanol–water partition coefficient (Wildman–Crippen LogP) is 2.28. The molecule has 124 valence electrons. The van der Waals surface area contributed by atoms with Crippen molar-refractivity contribution in [3.8, 4) is 0 Å². The van der Waals surface area contributed by atoms with E-state index >= 15 is 0 Å². The fourth-order valence-electron chi connectivity index (χ4n) is 3.06. The van der Waals surface area contributed by atoms with Crippen LogP contribution in [-0.4, -0.2) is 25.5 Å². The van der Waals surface area contributed by atoms with Crippen molar-refractivity contribution in [2.45, 2.75) is 58.3 Å². The highest BCUT2D eigenvalue weighted by molar-refractivity contribution is 5.91. The topological polar surface area (TPSA) is 92.1 Å². The van der Waals surface area contributed by atoms with E-state index in [4.69, 9.17) is 0 Å². The lowest BCUT2D eigenvalue weighted by Gasteiger charge is -2.20. The molecule has 0 atom stereocenters. The number of aryl methyl sites for hydroxylation is 1. The van der Waals surface area contributed by atoms with Gasteiger partial charge in [-0.3, -0.25) is 14.6 Å². The number of H-pyrrole nitrogens is 1. The van der Waals surface area contributed by atoms with Crippen LogP contribution in [0.3, 0.4) is 0 Å². The van der Waals surface area contributed by atoms with Crippen LogP contribution in [0.25, 0.3) is 5.78 Å². The third-order valence-corrected chi connectivity index (χ3v) is 4.36. The zero-order valence-electron chi connectivity index (χ0n) is 13.5. The fraction of sp³-hybridized carbons (Fsp3) is 0.625. The average Bonchev–Trinajstić information content (AvgIpc) is 2.96. The third kappa shape index (κ3) is 3.60. The first-order valence-electron chi connectivity index (χ1n) is 8.47. The molecule has 1 saturated carbocycles. The van der Waals surface area contributed by atoms with E-state index in [1.165, 1.54) is 17.0 Å². The van der Waals surface area contributed by atoms with Gasteiger partial charge in [0.1, 0.15) is 5.82 Å². The van der Waals surface area contributed by atoms with E-state index in [-0.39, 0.29) is 17.4 Å². The number of amides is 1. The molecule has 0 bridgehead atoms. The minimum Gasteiger partial charge on any atom is -0.310 e. The number of nitrogens with one attached hydrogen (secondary N) is 2. The number of hydrogen-bond acceptors (Lipinski definition) is 4. The Labute approximate surface area is 134 Å². The Bertz CT molecular complexity index is 742. The summed E-state index contributed by atoms with van der Waals surface area (Å²) in [5, 5.41) is 7.28. The zero-order valence-corrected chi connectivity index (χ0v) is 13.5. The number of nitrogens with zero attached hydrogens (tertiary/aromatic N) is 3. The first-order valence-corrected chi connectivity index (χ1v) is 8.47. The van der Waals surface area contributed by atoms with E-state index in [1.807, 2.05) is 0 Å². The largest absolute Gasteiger partial charge is 0.310 e. The molecule has 1 aliphatic rings. The van der Waals surface area contributed by atoms with Crippen molar-refractivity contribution < 1.29 is 4.79 Å². The molecule has 0 spiro atoms. The highest BCUT2D eigenvalue weighted by atomic mass is 16.2. The van der Waals surface area contributed by atoms with Gasteiger partial charge in [-0.15, -0.1) is 5.10 Å². The highest BCUT2D eigenvalue weighted by Gasteiger charge is 2.22. The first kappa shape index (κ1) is 15.7. The molecule has 2 heterocycles. The first-order chi connectivity index (χ1) is 11.2. The summed E-state index contributed by atoms with van der Waals surface area (Å²) in [7, 11) is 0. The van der Waals surface area contributed by atoms with Gasteiger partial charge in [0, 0.05) is 18.4 Å². The molecule has 0 saturated heterocycles. The van der Waals surface area contributed by atoms with Crippen LogP contribution in [-0.2, 0) is 11.2 Å². The molecule has 0 unspecified atom stereocenters. The van der Waals surface area contributed by atoms with Gasteiger partial charge in [-0.1, -0.05) is 32.6 Å². The number of aromatic nitrogens is 4. The molecule has 0 radical (unpaired) electrons. The van der Waals surface area contributed by atoms with Gasteiger partial charge in [-0.05, 0) is 19.3 Å². The summed E-state index contributed by atoms with van der Waals surface area (Å²) in [5.41, 5.74) is -0.286. The van der Waals surface area contributed by atoms with Crippen LogP contribution in [0.5, 0.6) is 0 Å². The summed E-state index contributed by atoms with van der Waals surface area (Å²) >= 11 is 0. The Hall–Kier alpha value is -2.18. The van der Waals surface area contributed by atoms with Crippen LogP contribution >= 0.6 is 0 Å². The molecule has 23 heavy (non-hydrogen) atoms. The van der Waals surface area contributed by atoms with E-state index in [0.717, 1.165) is 44.9 Å². The van der Waals surface area contributed by atoms with Crippen LogP contribution in [0.15, 0.2) is 10.9 Å². The predicted molar refractivity (Wildman–Crippen MR) is 87.4 cm³/mol. The van der Waals surface area contributed by atoms with E-state index in [9.17, 15) is 9.59 Å². The number of carbonyl (C=O) groups excluding carboxylic acids is 1. The summed E-state index contributed by atoms with van der Waals surface area (Å²) in [4.78, 5) is 31.2. The molecule has 2 N–H and O–H groups in total. The quantitative estimate of drug-likeness (QED) is 0.885. The maximum atomic E-state index is 12.4. The smallest absolute Gasteiger partial charge is 0.254 e. The number of unbranched alkanes of at least 4 members (excludes halogenated alkanes) is 1. The van der Waals surface area contributed by atoms with Crippen molar-refractivity contribution in [3.05, 3.63) is 22.2 Å². The van der Waals surface area contributed by atoms with E-state index in [1.54, 1.807) is 0 Å². The van der Waals surface area contributed by atoms with E-state index < -0.39 is 0 Å². The molecule has 1 amide bonds. The SMILES string of the molecule is CCCCc1nc2[nH]c(=O)cc(NC(=O)C3CCCCC3)n2n1. The summed E-state index contributed by atoms with van der Waals surface area (Å²) in [5.74, 6) is 1.46. The Morgan fingerprint density at radius 1 is 1.39 bits per heavy atom. The summed E-state index contributed by atoms with van der Waals surface area (Å²) in [6, 6.07) is 1.37. The number of anilines is 1. The lowest BCUT2D eigenvalue weighted by molar-refractivity contribution is -0.120. The van der Waals surface area contributed by atoms with Crippen LogP contribution in [0.1, 0.15) is 57.7 Å². The number of carbonyl (C=O) groups is 1. The maximum absolute atomic E-state index is 12.4. The second-order valence-electron chi connectivity index (χ2n) is 6.21. The van der Waals surface area contributed by atoms with Gasteiger partial charge in [-0.25, -0.2) is 0 Å². The van der Waals surface area contributed by atoms with Gasteiger partial charge < -0.3 is 5.32 Å². The van der Waals surface area contributed by atoms with Crippen LogP contribution in [0.2, 0.25) is 0 Å². The molecule has 0 aromatic carbocycles. The Morgan fingerprint density at radius 3 is 2.91 bits per heavy atom. The molecule has 3 rings (SSSR count). The van der Waals surface area contributed by atoms with E-state index in [2.05, 4.69) is 27.3 Å². The number of rotatable bonds is 5. The van der Waals surface area contributed by atoms with Crippen molar-refractivity contribution >= 4 is 17.5 Å². The molecule has 1 aliphatic carbocycles. The molecular weight excluding hydrogens is 294 g/mol. The molecule has 1 fully saturated rings. The van der Waals surface area contributed by atoms with Gasteiger partial charge in [0.05, 0.1) is 0 Å². The van der Waals surface area contributed by atoms with Crippen molar-refractivity contribution in [2.24, 2.45) is 5.92 Å². The molecular formula is C16H23N5O2. The van der Waals surface area contributed by atoms with Crippen LogP contribution < -0.4 is 10.9 Å². The second kappa shape index (κ2) is 6.93. The normalized spacial score (nSPS) is 15.9. The fourth-order valence-corrected chi connectivity index (χ4v) is 3.06. The minimum absolute atomic E-state index is 0.0257. The van der Waals surface area contributed by atoms with Gasteiger partial charge in [0.25, 0.3) is 5.56 Å². The highest BCUT2D eigenvalue weighted by Crippen LogP contribution is 2.24. The summed E-state index contributed by atoms with van der Waals surface area (Å²) < 4.78 is 1.52. The number of fused-ring (bicyclic) bond motifs is 1.